The number of hydrogen-bond acceptors (Lipinski definition) is 10. The molecule has 1 heterocycles. The predicted molar refractivity (Wildman–Crippen MR) is 193 cm³/mol. The van der Waals surface area contributed by atoms with Crippen LogP contribution in [0.2, 0.25) is 0 Å². The fraction of sp³-hybridized carbons (Fsp3) is 0.395. The van der Waals surface area contributed by atoms with E-state index < -0.39 is 23.3 Å². The smallest absolute Gasteiger partial charge is 0.413 e. The van der Waals surface area contributed by atoms with E-state index in [1.54, 1.807) is 107 Å². The number of hydrogen-bond donors (Lipinski definition) is 4. The van der Waals surface area contributed by atoms with Crippen molar-refractivity contribution < 1.29 is 38.1 Å². The highest BCUT2D eigenvalue weighted by Gasteiger charge is 2.22. The van der Waals surface area contributed by atoms with Crippen LogP contribution in [-0.2, 0) is 25.6 Å². The number of benzene rings is 3. The molecule has 0 spiro atoms. The van der Waals surface area contributed by atoms with E-state index in [4.69, 9.17) is 24.4 Å². The van der Waals surface area contributed by atoms with Crippen LogP contribution in [-0.4, -0.2) is 72.1 Å². The van der Waals surface area contributed by atoms with Crippen molar-refractivity contribution in [1.29, 1.82) is 5.41 Å². The zero-order valence-corrected chi connectivity index (χ0v) is 30.0. The number of amides is 3. The van der Waals surface area contributed by atoms with Crippen molar-refractivity contribution in [3.63, 3.8) is 0 Å². The quantitative estimate of drug-likeness (QED) is 0.0932. The third-order valence-electron chi connectivity index (χ3n) is 7.30. The standard InChI is InChI=1S/C38H47N5O8/c1-37(2,3)50-32(45)24-49-33-26(11-9-14-30(33)48-22-21-43-20-10-15-31(43)44)23-40-29-13-8-7-12-28(29)35(46)41-27-18-16-25(17-19-27)34(39)42-36(47)51-38(4,5)6/h7-9,11-14,16-19,40H,10,15,20-24H2,1-6H3,(H,41,46)(H2,39,42,47). The van der Waals surface area contributed by atoms with Gasteiger partial charge in [-0.15, -0.1) is 0 Å². The fourth-order valence-corrected chi connectivity index (χ4v) is 5.11. The molecule has 0 atom stereocenters. The van der Waals surface area contributed by atoms with Gasteiger partial charge >= 0.3 is 12.1 Å². The Bertz CT molecular complexity index is 1730. The molecule has 51 heavy (non-hydrogen) atoms. The van der Waals surface area contributed by atoms with Crippen LogP contribution >= 0.6 is 0 Å². The molecule has 13 heteroatoms. The maximum absolute atomic E-state index is 13.4. The van der Waals surface area contributed by atoms with Crippen molar-refractivity contribution in [2.75, 3.05) is 36.9 Å². The number of esters is 1. The van der Waals surface area contributed by atoms with Crippen molar-refractivity contribution in [2.24, 2.45) is 0 Å². The number of ether oxygens (including phenoxy) is 4. The van der Waals surface area contributed by atoms with E-state index in [0.29, 0.717) is 59.1 Å². The van der Waals surface area contributed by atoms with E-state index in [1.807, 2.05) is 6.07 Å². The molecular weight excluding hydrogens is 654 g/mol. The van der Waals surface area contributed by atoms with Crippen molar-refractivity contribution >= 4 is 41.1 Å². The van der Waals surface area contributed by atoms with Gasteiger partial charge in [-0.3, -0.25) is 20.3 Å². The SMILES string of the molecule is CC(C)(C)OC(=O)COc1c(CNc2ccccc2C(=O)Nc2ccc(C(=N)NC(=O)OC(C)(C)C)cc2)cccc1OCCN1CCCC1=O. The van der Waals surface area contributed by atoms with E-state index >= 15 is 0 Å². The van der Waals surface area contributed by atoms with E-state index in [1.165, 1.54) is 0 Å². The van der Waals surface area contributed by atoms with Gasteiger partial charge in [-0.05, 0) is 90.4 Å². The summed E-state index contributed by atoms with van der Waals surface area (Å²) in [6, 6.07) is 18.9. The minimum Gasteiger partial charge on any atom is -0.488 e. The van der Waals surface area contributed by atoms with Crippen LogP contribution in [0.5, 0.6) is 11.5 Å². The first-order valence-electron chi connectivity index (χ1n) is 16.8. The van der Waals surface area contributed by atoms with E-state index in [9.17, 15) is 19.2 Å². The molecule has 4 N–H and O–H groups in total. The summed E-state index contributed by atoms with van der Waals surface area (Å²) in [6.07, 6.45) is 0.638. The molecule has 1 aliphatic heterocycles. The highest BCUT2D eigenvalue weighted by Crippen LogP contribution is 2.33. The molecule has 0 saturated carbocycles. The molecule has 0 radical (unpaired) electrons. The van der Waals surface area contributed by atoms with E-state index in [2.05, 4.69) is 16.0 Å². The maximum atomic E-state index is 13.4. The van der Waals surface area contributed by atoms with E-state index in [-0.39, 0.29) is 37.4 Å². The molecule has 0 aliphatic carbocycles. The average Bonchev–Trinajstić information content (AvgIpc) is 3.46. The molecular formula is C38H47N5O8. The maximum Gasteiger partial charge on any atom is 0.413 e. The Kier molecular flexibility index (Phi) is 12.6. The second-order valence-corrected chi connectivity index (χ2v) is 13.9. The minimum atomic E-state index is -0.731. The van der Waals surface area contributed by atoms with Gasteiger partial charge in [0.25, 0.3) is 5.91 Å². The molecule has 272 valence electrons. The van der Waals surface area contributed by atoms with Crippen molar-refractivity contribution in [1.82, 2.24) is 10.2 Å². The topological polar surface area (TPSA) is 168 Å². The summed E-state index contributed by atoms with van der Waals surface area (Å²) in [6.45, 7) is 11.8. The van der Waals surface area contributed by atoms with Crippen LogP contribution in [0.4, 0.5) is 16.2 Å². The Labute approximate surface area is 298 Å². The number of anilines is 2. The first-order valence-corrected chi connectivity index (χ1v) is 16.8. The summed E-state index contributed by atoms with van der Waals surface area (Å²) in [5, 5.41) is 16.8. The first kappa shape index (κ1) is 38.2. The molecule has 1 aliphatic rings. The lowest BCUT2D eigenvalue weighted by Crippen LogP contribution is -2.36. The largest absolute Gasteiger partial charge is 0.488 e. The summed E-state index contributed by atoms with van der Waals surface area (Å²) in [5.74, 6) is -0.188. The van der Waals surface area contributed by atoms with Crippen molar-refractivity contribution in [3.8, 4) is 11.5 Å². The lowest BCUT2D eigenvalue weighted by atomic mass is 10.1. The lowest BCUT2D eigenvalue weighted by molar-refractivity contribution is -0.157. The number of para-hydroxylation sites is 2. The number of amidine groups is 1. The number of alkyl carbamates (subject to hydrolysis) is 1. The van der Waals surface area contributed by atoms with Gasteiger partial charge in [-0.25, -0.2) is 9.59 Å². The van der Waals surface area contributed by atoms with Gasteiger partial charge in [0, 0.05) is 42.0 Å². The molecule has 0 bridgehead atoms. The van der Waals surface area contributed by atoms with Crippen LogP contribution < -0.4 is 25.4 Å². The normalized spacial score (nSPS) is 12.9. The Balaban J connectivity index is 1.44. The van der Waals surface area contributed by atoms with Crippen LogP contribution in [0.25, 0.3) is 0 Å². The molecule has 3 amide bonds. The Morgan fingerprint density at radius 3 is 2.24 bits per heavy atom. The van der Waals surface area contributed by atoms with Crippen molar-refractivity contribution in [2.45, 2.75) is 72.1 Å². The summed E-state index contributed by atoms with van der Waals surface area (Å²) < 4.78 is 22.7. The highest BCUT2D eigenvalue weighted by atomic mass is 16.6. The van der Waals surface area contributed by atoms with Gasteiger partial charge in [0.2, 0.25) is 5.91 Å². The van der Waals surface area contributed by atoms with Crippen LogP contribution in [0, 0.1) is 5.41 Å². The molecule has 1 saturated heterocycles. The Morgan fingerprint density at radius 1 is 0.863 bits per heavy atom. The second kappa shape index (κ2) is 16.9. The molecule has 0 aromatic heterocycles. The van der Waals surface area contributed by atoms with Crippen LogP contribution in [0.15, 0.2) is 66.7 Å². The summed E-state index contributed by atoms with van der Waals surface area (Å²) in [7, 11) is 0. The zero-order chi connectivity index (χ0) is 37.2. The van der Waals surface area contributed by atoms with Crippen molar-refractivity contribution in [3.05, 3.63) is 83.4 Å². The van der Waals surface area contributed by atoms with Crippen LogP contribution in [0.3, 0.4) is 0 Å². The lowest BCUT2D eigenvalue weighted by Gasteiger charge is -2.21. The molecule has 4 rings (SSSR count). The summed E-state index contributed by atoms with van der Waals surface area (Å²) >= 11 is 0. The van der Waals surface area contributed by atoms with Gasteiger partial charge in [0.15, 0.2) is 18.1 Å². The van der Waals surface area contributed by atoms with Gasteiger partial charge < -0.3 is 34.5 Å². The van der Waals surface area contributed by atoms with Gasteiger partial charge in [-0.1, -0.05) is 24.3 Å². The molecule has 1 fully saturated rings. The molecule has 13 nitrogen and oxygen atoms in total. The Morgan fingerprint density at radius 2 is 1.57 bits per heavy atom. The van der Waals surface area contributed by atoms with Gasteiger partial charge in [0.05, 0.1) is 12.1 Å². The number of likely N-dealkylation sites (tertiary alicyclic amines) is 1. The number of carbonyl (C=O) groups is 4. The predicted octanol–water partition coefficient (Wildman–Crippen LogP) is 6.12. The highest BCUT2D eigenvalue weighted by molar-refractivity contribution is 6.08. The summed E-state index contributed by atoms with van der Waals surface area (Å²) in [5.41, 5.74) is 1.13. The Hall–Kier alpha value is -5.59. The average molecular weight is 702 g/mol. The number of nitrogens with zero attached hydrogens (tertiary/aromatic N) is 1. The fourth-order valence-electron chi connectivity index (χ4n) is 5.11. The molecule has 3 aromatic rings. The molecule has 0 unspecified atom stereocenters. The minimum absolute atomic E-state index is 0.103. The number of rotatable bonds is 13. The first-order chi connectivity index (χ1) is 24.1. The second-order valence-electron chi connectivity index (χ2n) is 13.9. The van der Waals surface area contributed by atoms with E-state index in [0.717, 1.165) is 6.42 Å². The van der Waals surface area contributed by atoms with Crippen LogP contribution in [0.1, 0.15) is 75.9 Å². The monoisotopic (exact) mass is 701 g/mol. The summed E-state index contributed by atoms with van der Waals surface area (Å²) in [4.78, 5) is 51.8. The number of carbonyl (C=O) groups excluding carboxylic acids is 4. The molecule has 3 aromatic carbocycles. The van der Waals surface area contributed by atoms with Gasteiger partial charge in [-0.2, -0.15) is 0 Å². The third-order valence-corrected chi connectivity index (χ3v) is 7.30. The van der Waals surface area contributed by atoms with Gasteiger partial charge in [0.1, 0.15) is 23.6 Å². The third kappa shape index (κ3) is 12.1. The number of nitrogens with one attached hydrogen (secondary N) is 4. The zero-order valence-electron chi connectivity index (χ0n) is 30.0.